The van der Waals surface area contributed by atoms with Crippen LogP contribution in [0.2, 0.25) is 5.02 Å². The predicted molar refractivity (Wildman–Crippen MR) is 121 cm³/mol. The smallest absolute Gasteiger partial charge is 0.355 e. The first kappa shape index (κ1) is 20.6. The van der Waals surface area contributed by atoms with Crippen LogP contribution in [0, 0.1) is 5.92 Å². The number of hydrazone groups is 1. The van der Waals surface area contributed by atoms with Gasteiger partial charge in [0.15, 0.2) is 0 Å². The van der Waals surface area contributed by atoms with E-state index in [-0.39, 0.29) is 11.8 Å². The molecule has 7 heteroatoms. The molecule has 1 aromatic heterocycles. The van der Waals surface area contributed by atoms with Gasteiger partial charge in [0, 0.05) is 16.0 Å². The molecule has 1 aliphatic carbocycles. The van der Waals surface area contributed by atoms with Crippen molar-refractivity contribution in [1.82, 2.24) is 5.43 Å². The molecule has 0 atom stereocenters. The first-order valence-electron chi connectivity index (χ1n) is 9.94. The number of halogens is 1. The third-order valence-electron chi connectivity index (χ3n) is 5.15. The Morgan fingerprint density at radius 3 is 2.70 bits per heavy atom. The Morgan fingerprint density at radius 1 is 1.10 bits per heavy atom. The number of carbonyl (C=O) groups is 2. The maximum absolute atomic E-state index is 12.6. The van der Waals surface area contributed by atoms with Crippen molar-refractivity contribution in [2.75, 3.05) is 0 Å². The second kappa shape index (κ2) is 9.41. The Bertz CT molecular complexity index is 1100. The predicted octanol–water partition coefficient (Wildman–Crippen LogP) is 5.80. The van der Waals surface area contributed by atoms with Gasteiger partial charge in [0.2, 0.25) is 5.91 Å². The number of nitrogens with zero attached hydrogens (tertiary/aromatic N) is 1. The summed E-state index contributed by atoms with van der Waals surface area (Å²) in [7, 11) is 0. The lowest BCUT2D eigenvalue weighted by atomic mass is 9.89. The average molecular weight is 441 g/mol. The van der Waals surface area contributed by atoms with Crippen molar-refractivity contribution in [2.45, 2.75) is 32.1 Å². The minimum atomic E-state index is -0.499. The number of hydrogen-bond donors (Lipinski definition) is 1. The van der Waals surface area contributed by atoms with Crippen LogP contribution in [0.25, 0.3) is 10.1 Å². The zero-order chi connectivity index (χ0) is 20.9. The van der Waals surface area contributed by atoms with Crippen LogP contribution in [0.15, 0.2) is 53.6 Å². The van der Waals surface area contributed by atoms with E-state index < -0.39 is 5.97 Å². The number of rotatable bonds is 5. The van der Waals surface area contributed by atoms with Crippen LogP contribution in [-0.4, -0.2) is 18.1 Å². The Hall–Kier alpha value is -2.70. The minimum Gasteiger partial charge on any atom is -0.422 e. The van der Waals surface area contributed by atoms with Crippen molar-refractivity contribution < 1.29 is 14.3 Å². The van der Waals surface area contributed by atoms with Crippen molar-refractivity contribution in [1.29, 1.82) is 0 Å². The number of ether oxygens (including phenoxy) is 1. The summed E-state index contributed by atoms with van der Waals surface area (Å²) in [5.74, 6) is -0.0980. The molecule has 0 spiro atoms. The number of thiophene rings is 1. The summed E-state index contributed by atoms with van der Waals surface area (Å²) < 4.78 is 6.45. The summed E-state index contributed by atoms with van der Waals surface area (Å²) in [5, 5.41) is 5.30. The second-order valence-corrected chi connectivity index (χ2v) is 8.70. The van der Waals surface area contributed by atoms with E-state index in [1.54, 1.807) is 24.4 Å². The molecule has 1 saturated carbocycles. The maximum atomic E-state index is 12.6. The van der Waals surface area contributed by atoms with Gasteiger partial charge in [0.25, 0.3) is 0 Å². The molecule has 30 heavy (non-hydrogen) atoms. The van der Waals surface area contributed by atoms with Crippen LogP contribution in [0.3, 0.4) is 0 Å². The summed E-state index contributed by atoms with van der Waals surface area (Å²) in [6.07, 6.45) is 6.79. The molecule has 1 fully saturated rings. The molecule has 0 radical (unpaired) electrons. The molecule has 5 nitrogen and oxygen atoms in total. The van der Waals surface area contributed by atoms with Crippen molar-refractivity contribution in [3.8, 4) is 5.75 Å². The SMILES string of the molecule is O=C(Oc1cccc(C=NNC(=O)C2CCCCC2)c1)c1sc2ccccc2c1Cl. The highest BCUT2D eigenvalue weighted by Gasteiger charge is 2.21. The van der Waals surface area contributed by atoms with Gasteiger partial charge in [-0.2, -0.15) is 5.10 Å². The Kier molecular flexibility index (Phi) is 6.45. The quantitative estimate of drug-likeness (QED) is 0.236. The van der Waals surface area contributed by atoms with E-state index in [0.29, 0.717) is 21.2 Å². The first-order chi connectivity index (χ1) is 14.6. The number of amides is 1. The van der Waals surface area contributed by atoms with E-state index >= 15 is 0 Å². The fourth-order valence-corrected chi connectivity index (χ4v) is 4.97. The van der Waals surface area contributed by atoms with Gasteiger partial charge < -0.3 is 4.74 Å². The molecule has 2 aromatic carbocycles. The van der Waals surface area contributed by atoms with Crippen LogP contribution >= 0.6 is 22.9 Å². The van der Waals surface area contributed by atoms with E-state index in [1.807, 2.05) is 30.3 Å². The maximum Gasteiger partial charge on any atom is 0.355 e. The van der Waals surface area contributed by atoms with E-state index in [4.69, 9.17) is 16.3 Å². The number of hydrogen-bond acceptors (Lipinski definition) is 5. The average Bonchev–Trinajstić information content (AvgIpc) is 3.11. The lowest BCUT2D eigenvalue weighted by Crippen LogP contribution is -2.28. The van der Waals surface area contributed by atoms with Gasteiger partial charge in [0.05, 0.1) is 11.2 Å². The Morgan fingerprint density at radius 2 is 1.90 bits per heavy atom. The molecular formula is C23H21ClN2O3S. The second-order valence-electron chi connectivity index (χ2n) is 7.27. The molecule has 154 valence electrons. The van der Waals surface area contributed by atoms with E-state index in [2.05, 4.69) is 10.5 Å². The Labute approximate surface area is 183 Å². The van der Waals surface area contributed by atoms with Gasteiger partial charge in [-0.25, -0.2) is 10.2 Å². The summed E-state index contributed by atoms with van der Waals surface area (Å²) in [6.45, 7) is 0. The van der Waals surface area contributed by atoms with Gasteiger partial charge >= 0.3 is 5.97 Å². The zero-order valence-corrected chi connectivity index (χ0v) is 17.8. The van der Waals surface area contributed by atoms with Gasteiger partial charge in [-0.1, -0.05) is 61.2 Å². The van der Waals surface area contributed by atoms with E-state index in [9.17, 15) is 9.59 Å². The minimum absolute atomic E-state index is 0.0343. The van der Waals surface area contributed by atoms with Crippen molar-refractivity contribution >= 4 is 51.1 Å². The van der Waals surface area contributed by atoms with Crippen molar-refractivity contribution in [3.05, 3.63) is 64.0 Å². The van der Waals surface area contributed by atoms with Crippen LogP contribution in [0.4, 0.5) is 0 Å². The topological polar surface area (TPSA) is 67.8 Å². The fraction of sp³-hybridized carbons (Fsp3) is 0.261. The van der Waals surface area contributed by atoms with Gasteiger partial charge in [-0.05, 0) is 36.6 Å². The molecular weight excluding hydrogens is 420 g/mol. The summed E-state index contributed by atoms with van der Waals surface area (Å²) in [6, 6.07) is 14.5. The van der Waals surface area contributed by atoms with Crippen LogP contribution in [0.5, 0.6) is 5.75 Å². The molecule has 1 amide bonds. The molecule has 3 aromatic rings. The van der Waals surface area contributed by atoms with Crippen molar-refractivity contribution in [3.63, 3.8) is 0 Å². The van der Waals surface area contributed by atoms with Gasteiger partial charge in [-0.15, -0.1) is 11.3 Å². The van der Waals surface area contributed by atoms with Crippen LogP contribution < -0.4 is 10.2 Å². The standard InChI is InChI=1S/C23H21ClN2O3S/c24-20-18-11-4-5-12-19(18)30-21(20)23(28)29-17-10-6-7-15(13-17)14-25-26-22(27)16-8-2-1-3-9-16/h4-7,10-14,16H,1-3,8-9H2,(H,26,27). The number of esters is 1. The highest BCUT2D eigenvalue weighted by atomic mass is 35.5. The largest absolute Gasteiger partial charge is 0.422 e. The summed E-state index contributed by atoms with van der Waals surface area (Å²) in [4.78, 5) is 25.1. The molecule has 0 saturated heterocycles. The number of benzene rings is 2. The lowest BCUT2D eigenvalue weighted by Gasteiger charge is -2.19. The number of fused-ring (bicyclic) bond motifs is 1. The molecule has 1 N–H and O–H groups in total. The molecule has 1 aliphatic rings. The fourth-order valence-electron chi connectivity index (χ4n) is 3.58. The zero-order valence-electron chi connectivity index (χ0n) is 16.3. The molecule has 0 bridgehead atoms. The Balaban J connectivity index is 1.40. The number of carbonyl (C=O) groups excluding carboxylic acids is 2. The first-order valence-corrected chi connectivity index (χ1v) is 11.1. The van der Waals surface area contributed by atoms with Gasteiger partial charge in [-0.3, -0.25) is 4.79 Å². The molecule has 0 aliphatic heterocycles. The molecule has 4 rings (SSSR count). The third-order valence-corrected chi connectivity index (χ3v) is 6.81. The normalized spacial score (nSPS) is 14.8. The third kappa shape index (κ3) is 4.71. The van der Waals surface area contributed by atoms with Crippen LogP contribution in [-0.2, 0) is 4.79 Å². The monoisotopic (exact) mass is 440 g/mol. The molecule has 0 unspecified atom stereocenters. The van der Waals surface area contributed by atoms with Crippen LogP contribution in [0.1, 0.15) is 47.3 Å². The van der Waals surface area contributed by atoms with E-state index in [1.165, 1.54) is 17.8 Å². The summed E-state index contributed by atoms with van der Waals surface area (Å²) >= 11 is 7.67. The highest BCUT2D eigenvalue weighted by Crippen LogP contribution is 2.35. The lowest BCUT2D eigenvalue weighted by molar-refractivity contribution is -0.125. The van der Waals surface area contributed by atoms with Crippen molar-refractivity contribution in [2.24, 2.45) is 11.0 Å². The molecule has 1 heterocycles. The summed E-state index contributed by atoms with van der Waals surface area (Å²) in [5.41, 5.74) is 3.33. The van der Waals surface area contributed by atoms with Gasteiger partial charge in [0.1, 0.15) is 10.6 Å². The van der Waals surface area contributed by atoms with E-state index in [0.717, 1.165) is 35.8 Å². The highest BCUT2D eigenvalue weighted by molar-refractivity contribution is 7.21. The number of nitrogens with one attached hydrogen (secondary N) is 1.